The molecule has 0 bridgehead atoms. The van der Waals surface area contributed by atoms with Gasteiger partial charge < -0.3 is 15.1 Å². The summed E-state index contributed by atoms with van der Waals surface area (Å²) in [7, 11) is 4.12. The maximum absolute atomic E-state index is 6.49. The minimum absolute atomic E-state index is 0.702. The smallest absolute Gasteiger partial charge is 0.0758 e. The van der Waals surface area contributed by atoms with E-state index in [1.54, 1.807) is 0 Å². The summed E-state index contributed by atoms with van der Waals surface area (Å²) >= 11 is 6.49. The third-order valence-corrected chi connectivity index (χ3v) is 4.98. The van der Waals surface area contributed by atoms with Crippen molar-refractivity contribution >= 4 is 23.0 Å². The van der Waals surface area contributed by atoms with Crippen LogP contribution in [0.15, 0.2) is 24.4 Å². The highest BCUT2D eigenvalue weighted by Gasteiger charge is 2.18. The van der Waals surface area contributed by atoms with Gasteiger partial charge in [0, 0.05) is 56.0 Å². The van der Waals surface area contributed by atoms with Crippen molar-refractivity contribution in [3.05, 3.63) is 40.7 Å². The van der Waals surface area contributed by atoms with Gasteiger partial charge in [0.15, 0.2) is 0 Å². The number of likely N-dealkylation sites (N-methyl/N-ethyl adjacent to an activating group) is 1. The number of hydrogen-bond donors (Lipinski definition) is 1. The first kappa shape index (κ1) is 16.1. The summed E-state index contributed by atoms with van der Waals surface area (Å²) in [6.07, 6.45) is 1.86. The Morgan fingerprint density at radius 2 is 1.91 bits per heavy atom. The Balaban J connectivity index is 1.79. The maximum atomic E-state index is 6.49. The van der Waals surface area contributed by atoms with E-state index < -0.39 is 0 Å². The van der Waals surface area contributed by atoms with E-state index in [0.29, 0.717) is 6.54 Å². The zero-order chi connectivity index (χ0) is 16.4. The topological polar surface area (TPSA) is 36.3 Å². The molecule has 0 atom stereocenters. The fourth-order valence-electron chi connectivity index (χ4n) is 2.92. The number of aromatic nitrogens is 2. The molecule has 1 aliphatic heterocycles. The number of benzene rings is 1. The number of hydrogen-bond acceptors (Lipinski definition) is 4. The lowest BCUT2D eigenvalue weighted by Gasteiger charge is -2.35. The van der Waals surface area contributed by atoms with Crippen LogP contribution in [0.25, 0.3) is 0 Å². The summed E-state index contributed by atoms with van der Waals surface area (Å²) in [6.45, 7) is 7.00. The van der Waals surface area contributed by atoms with Gasteiger partial charge in [-0.15, -0.1) is 0 Å². The van der Waals surface area contributed by atoms with Gasteiger partial charge in [-0.2, -0.15) is 5.10 Å². The number of rotatable bonds is 4. The van der Waals surface area contributed by atoms with E-state index >= 15 is 0 Å². The molecule has 6 heteroatoms. The molecule has 2 heterocycles. The maximum Gasteiger partial charge on any atom is 0.0758 e. The molecule has 2 aromatic rings. The van der Waals surface area contributed by atoms with Crippen LogP contribution in [0, 0.1) is 6.92 Å². The molecule has 3 rings (SSSR count). The van der Waals surface area contributed by atoms with Gasteiger partial charge in [0.2, 0.25) is 0 Å². The Kier molecular flexibility index (Phi) is 4.78. The van der Waals surface area contributed by atoms with E-state index in [4.69, 9.17) is 11.6 Å². The van der Waals surface area contributed by atoms with Gasteiger partial charge in [-0.05, 0) is 26.1 Å². The summed E-state index contributed by atoms with van der Waals surface area (Å²) < 4.78 is 1.87. The number of aryl methyl sites for hydroxylation is 1. The van der Waals surface area contributed by atoms with Crippen LogP contribution in [0.5, 0.6) is 0 Å². The van der Waals surface area contributed by atoms with Crippen LogP contribution < -0.4 is 10.2 Å². The van der Waals surface area contributed by atoms with Crippen LogP contribution in [-0.2, 0) is 13.6 Å². The van der Waals surface area contributed by atoms with Crippen molar-refractivity contribution in [2.45, 2.75) is 13.5 Å². The molecule has 1 saturated heterocycles. The monoisotopic (exact) mass is 333 g/mol. The third kappa shape index (κ3) is 3.46. The second-order valence-corrected chi connectivity index (χ2v) is 6.56. The number of halogens is 1. The fraction of sp³-hybridized carbons (Fsp3) is 0.471. The number of piperazine rings is 1. The Morgan fingerprint density at radius 1 is 1.17 bits per heavy atom. The van der Waals surface area contributed by atoms with Crippen molar-refractivity contribution in [1.82, 2.24) is 14.7 Å². The van der Waals surface area contributed by atoms with Gasteiger partial charge >= 0.3 is 0 Å². The van der Waals surface area contributed by atoms with E-state index in [9.17, 15) is 0 Å². The molecular weight excluding hydrogens is 310 g/mol. The van der Waals surface area contributed by atoms with E-state index in [0.717, 1.165) is 48.1 Å². The molecule has 1 aromatic heterocycles. The molecule has 1 fully saturated rings. The molecule has 124 valence electrons. The van der Waals surface area contributed by atoms with Crippen molar-refractivity contribution in [2.75, 3.05) is 43.4 Å². The molecule has 0 radical (unpaired) electrons. The van der Waals surface area contributed by atoms with Gasteiger partial charge in [0.1, 0.15) is 0 Å². The van der Waals surface area contributed by atoms with Crippen LogP contribution in [0.2, 0.25) is 5.02 Å². The molecule has 0 spiro atoms. The first-order chi connectivity index (χ1) is 11.1. The van der Waals surface area contributed by atoms with Crippen molar-refractivity contribution in [2.24, 2.45) is 7.05 Å². The molecule has 0 saturated carbocycles. The van der Waals surface area contributed by atoms with Gasteiger partial charge in [0.25, 0.3) is 0 Å². The first-order valence-corrected chi connectivity index (χ1v) is 8.37. The van der Waals surface area contributed by atoms with Crippen molar-refractivity contribution in [1.29, 1.82) is 0 Å². The summed E-state index contributed by atoms with van der Waals surface area (Å²) in [5.74, 6) is 0. The van der Waals surface area contributed by atoms with E-state index in [1.165, 1.54) is 5.69 Å². The lowest BCUT2D eigenvalue weighted by molar-refractivity contribution is 0.312. The van der Waals surface area contributed by atoms with Gasteiger partial charge in [0.05, 0.1) is 17.6 Å². The van der Waals surface area contributed by atoms with Crippen LogP contribution in [0.4, 0.5) is 11.4 Å². The van der Waals surface area contributed by atoms with Crippen molar-refractivity contribution in [3.8, 4) is 0 Å². The average molecular weight is 334 g/mol. The molecular formula is C17H24ClN5. The SMILES string of the molecule is Cc1c(NCc2c(Cl)cccc2N2CCN(C)CC2)cnn1C. The highest BCUT2D eigenvalue weighted by atomic mass is 35.5. The zero-order valence-corrected chi connectivity index (χ0v) is 14.8. The molecule has 1 N–H and O–H groups in total. The highest BCUT2D eigenvalue weighted by Crippen LogP contribution is 2.29. The van der Waals surface area contributed by atoms with Crippen LogP contribution in [0.1, 0.15) is 11.3 Å². The lowest BCUT2D eigenvalue weighted by Crippen LogP contribution is -2.44. The summed E-state index contributed by atoms with van der Waals surface area (Å²) in [5, 5.41) is 8.57. The molecule has 23 heavy (non-hydrogen) atoms. The first-order valence-electron chi connectivity index (χ1n) is 7.99. The minimum Gasteiger partial charge on any atom is -0.378 e. The van der Waals surface area contributed by atoms with Gasteiger partial charge in [-0.25, -0.2) is 0 Å². The third-order valence-electron chi connectivity index (χ3n) is 4.63. The Hall–Kier alpha value is -1.72. The molecule has 5 nitrogen and oxygen atoms in total. The fourth-order valence-corrected chi connectivity index (χ4v) is 3.16. The van der Waals surface area contributed by atoms with E-state index in [2.05, 4.69) is 40.3 Å². The number of nitrogens with one attached hydrogen (secondary N) is 1. The highest BCUT2D eigenvalue weighted by molar-refractivity contribution is 6.31. The largest absolute Gasteiger partial charge is 0.378 e. The predicted octanol–water partition coefficient (Wildman–Crippen LogP) is 2.75. The second kappa shape index (κ2) is 6.81. The van der Waals surface area contributed by atoms with Crippen LogP contribution >= 0.6 is 11.6 Å². The second-order valence-electron chi connectivity index (χ2n) is 6.15. The lowest BCUT2D eigenvalue weighted by atomic mass is 10.1. The van der Waals surface area contributed by atoms with Gasteiger partial charge in [-0.3, -0.25) is 4.68 Å². The summed E-state index contributed by atoms with van der Waals surface area (Å²) in [5.41, 5.74) is 4.57. The number of anilines is 2. The number of nitrogens with zero attached hydrogens (tertiary/aromatic N) is 4. The molecule has 1 aromatic carbocycles. The minimum atomic E-state index is 0.702. The predicted molar refractivity (Wildman–Crippen MR) is 96.4 cm³/mol. The van der Waals surface area contributed by atoms with Crippen molar-refractivity contribution in [3.63, 3.8) is 0 Å². The molecule has 0 aliphatic carbocycles. The van der Waals surface area contributed by atoms with Crippen LogP contribution in [-0.4, -0.2) is 47.9 Å². The Bertz CT molecular complexity index is 674. The van der Waals surface area contributed by atoms with E-state index in [1.807, 2.05) is 30.1 Å². The molecule has 0 amide bonds. The Morgan fingerprint density at radius 3 is 2.57 bits per heavy atom. The Labute approximate surface area is 142 Å². The van der Waals surface area contributed by atoms with Crippen molar-refractivity contribution < 1.29 is 0 Å². The van der Waals surface area contributed by atoms with E-state index in [-0.39, 0.29) is 0 Å². The summed E-state index contributed by atoms with van der Waals surface area (Å²) in [6, 6.07) is 6.17. The molecule has 1 aliphatic rings. The zero-order valence-electron chi connectivity index (χ0n) is 14.0. The molecule has 0 unspecified atom stereocenters. The normalized spacial score (nSPS) is 15.9. The standard InChI is InChI=1S/C17H24ClN5/c1-13-16(12-20-22(13)3)19-11-14-15(18)5-4-6-17(14)23-9-7-21(2)8-10-23/h4-6,12,19H,7-11H2,1-3H3. The average Bonchev–Trinajstić information content (AvgIpc) is 2.86. The quantitative estimate of drug-likeness (QED) is 0.933. The summed E-state index contributed by atoms with van der Waals surface area (Å²) in [4.78, 5) is 4.79. The van der Waals surface area contributed by atoms with Gasteiger partial charge in [-0.1, -0.05) is 17.7 Å². The van der Waals surface area contributed by atoms with Crippen LogP contribution in [0.3, 0.4) is 0 Å².